The molecule has 0 aliphatic heterocycles. The molecule has 2 aromatic carbocycles. The van der Waals surface area contributed by atoms with Gasteiger partial charge in [-0.15, -0.1) is 0 Å². The predicted molar refractivity (Wildman–Crippen MR) is 77.6 cm³/mol. The van der Waals surface area contributed by atoms with Gasteiger partial charge in [-0.2, -0.15) is 5.26 Å². The second kappa shape index (κ2) is 5.19. The number of hydrogen-bond donors (Lipinski definition) is 1. The average Bonchev–Trinajstić information content (AvgIpc) is 2.48. The van der Waals surface area contributed by atoms with E-state index in [0.717, 1.165) is 15.7 Å². The number of aromatic amines is 1. The molecule has 3 aromatic rings. The molecule has 0 fully saturated rings. The Balaban J connectivity index is 2.14. The summed E-state index contributed by atoms with van der Waals surface area (Å²) in [5.41, 5.74) is 0.458. The quantitative estimate of drug-likeness (QED) is 0.732. The molecule has 0 spiro atoms. The van der Waals surface area contributed by atoms with Crippen molar-refractivity contribution < 1.29 is 0 Å². The smallest absolute Gasteiger partial charge is 0.251 e. The molecule has 1 aromatic heterocycles. The normalized spacial score (nSPS) is 10.3. The van der Waals surface area contributed by atoms with Crippen LogP contribution in [0.25, 0.3) is 10.8 Å². The highest BCUT2D eigenvalue weighted by molar-refractivity contribution is 7.99. The van der Waals surface area contributed by atoms with E-state index in [9.17, 15) is 4.79 Å². The fourth-order valence-corrected chi connectivity index (χ4v) is 2.86. The summed E-state index contributed by atoms with van der Waals surface area (Å²) in [5.74, 6) is 0. The summed E-state index contributed by atoms with van der Waals surface area (Å²) in [6.07, 6.45) is 1.48. The van der Waals surface area contributed by atoms with Gasteiger partial charge in [-0.3, -0.25) is 4.79 Å². The molecule has 4 nitrogen and oxygen atoms in total. The Bertz CT molecular complexity index is 880. The lowest BCUT2D eigenvalue weighted by Crippen LogP contribution is -2.04. The maximum Gasteiger partial charge on any atom is 0.251 e. The Hall–Kier alpha value is -2.58. The van der Waals surface area contributed by atoms with Crippen LogP contribution in [0.2, 0.25) is 0 Å². The molecule has 0 amide bonds. The Morgan fingerprint density at radius 3 is 2.65 bits per heavy atom. The van der Waals surface area contributed by atoms with Crippen LogP contribution in [0.5, 0.6) is 0 Å². The Morgan fingerprint density at radius 2 is 1.90 bits per heavy atom. The van der Waals surface area contributed by atoms with Crippen LogP contribution in [0.15, 0.2) is 63.5 Å². The van der Waals surface area contributed by atoms with E-state index in [-0.39, 0.29) is 5.56 Å². The van der Waals surface area contributed by atoms with Gasteiger partial charge in [0.15, 0.2) is 5.16 Å². The minimum atomic E-state index is -0.180. The highest BCUT2D eigenvalue weighted by atomic mass is 32.2. The maximum atomic E-state index is 11.3. The molecule has 0 radical (unpaired) electrons. The molecule has 96 valence electrons. The first-order chi connectivity index (χ1) is 9.78. The van der Waals surface area contributed by atoms with Gasteiger partial charge in [-0.1, -0.05) is 36.0 Å². The fraction of sp³-hybridized carbons (Fsp3) is 0. The van der Waals surface area contributed by atoms with E-state index in [0.29, 0.717) is 10.7 Å². The number of nitriles is 1. The summed E-state index contributed by atoms with van der Waals surface area (Å²) in [6, 6.07) is 14.9. The van der Waals surface area contributed by atoms with Gasteiger partial charge in [0, 0.05) is 22.5 Å². The van der Waals surface area contributed by atoms with Crippen LogP contribution in [0, 0.1) is 11.3 Å². The summed E-state index contributed by atoms with van der Waals surface area (Å²) in [5, 5.41) is 11.5. The van der Waals surface area contributed by atoms with Gasteiger partial charge >= 0.3 is 0 Å². The lowest BCUT2D eigenvalue weighted by Gasteiger charge is -2.06. The Morgan fingerprint density at radius 1 is 1.10 bits per heavy atom. The zero-order valence-electron chi connectivity index (χ0n) is 10.3. The van der Waals surface area contributed by atoms with Crippen LogP contribution in [-0.2, 0) is 0 Å². The molecule has 3 rings (SSSR count). The van der Waals surface area contributed by atoms with Gasteiger partial charge in [0.2, 0.25) is 0 Å². The maximum absolute atomic E-state index is 11.3. The van der Waals surface area contributed by atoms with E-state index < -0.39 is 0 Å². The minimum Gasteiger partial charge on any atom is -0.301 e. The van der Waals surface area contributed by atoms with Crippen LogP contribution in [-0.4, -0.2) is 9.97 Å². The fourth-order valence-electron chi connectivity index (χ4n) is 1.97. The third kappa shape index (κ3) is 2.29. The number of aromatic nitrogens is 2. The van der Waals surface area contributed by atoms with Gasteiger partial charge in [-0.05, 0) is 17.5 Å². The largest absolute Gasteiger partial charge is 0.301 e. The van der Waals surface area contributed by atoms with Crippen molar-refractivity contribution >= 4 is 22.5 Å². The first-order valence-corrected chi connectivity index (χ1v) is 6.74. The van der Waals surface area contributed by atoms with Crippen LogP contribution in [0.3, 0.4) is 0 Å². The third-order valence-electron chi connectivity index (χ3n) is 2.86. The van der Waals surface area contributed by atoms with Gasteiger partial charge in [0.25, 0.3) is 5.56 Å². The van der Waals surface area contributed by atoms with Gasteiger partial charge < -0.3 is 4.98 Å². The summed E-state index contributed by atoms with van der Waals surface area (Å²) in [6.45, 7) is 0. The van der Waals surface area contributed by atoms with Crippen LogP contribution in [0.4, 0.5) is 0 Å². The first kappa shape index (κ1) is 12.5. The zero-order chi connectivity index (χ0) is 13.9. The lowest BCUT2D eigenvalue weighted by molar-refractivity contribution is 0.937. The molecule has 0 saturated carbocycles. The Labute approximate surface area is 119 Å². The van der Waals surface area contributed by atoms with E-state index >= 15 is 0 Å². The van der Waals surface area contributed by atoms with Gasteiger partial charge in [0.1, 0.15) is 0 Å². The van der Waals surface area contributed by atoms with Gasteiger partial charge in [-0.25, -0.2) is 4.98 Å². The molecule has 0 aliphatic rings. The summed E-state index contributed by atoms with van der Waals surface area (Å²) in [4.78, 5) is 19.1. The standard InChI is InChI=1S/C15H9N3OS/c16-9-10-5-6-13(12-4-2-1-3-11(10)12)20-15-17-8-7-14(19)18-15/h1-8H,(H,17,18,19). The van der Waals surface area contributed by atoms with E-state index in [2.05, 4.69) is 16.0 Å². The summed E-state index contributed by atoms with van der Waals surface area (Å²) >= 11 is 1.37. The van der Waals surface area contributed by atoms with Crippen molar-refractivity contribution in [2.75, 3.05) is 0 Å². The van der Waals surface area contributed by atoms with Gasteiger partial charge in [0.05, 0.1) is 11.6 Å². The summed E-state index contributed by atoms with van der Waals surface area (Å²) in [7, 11) is 0. The van der Waals surface area contributed by atoms with Crippen molar-refractivity contribution in [3.63, 3.8) is 0 Å². The molecule has 0 saturated heterocycles. The van der Waals surface area contributed by atoms with E-state index in [1.807, 2.05) is 30.3 Å². The number of fused-ring (bicyclic) bond motifs is 1. The molecular formula is C15H9N3OS. The van der Waals surface area contributed by atoms with Crippen LogP contribution in [0.1, 0.15) is 5.56 Å². The van der Waals surface area contributed by atoms with Crippen molar-refractivity contribution in [3.05, 3.63) is 64.6 Å². The molecular weight excluding hydrogens is 270 g/mol. The second-order valence-corrected chi connectivity index (χ2v) is 5.14. The Kier molecular flexibility index (Phi) is 3.23. The van der Waals surface area contributed by atoms with Crippen molar-refractivity contribution in [2.45, 2.75) is 10.1 Å². The molecule has 0 atom stereocenters. The monoisotopic (exact) mass is 279 g/mol. The van der Waals surface area contributed by atoms with Crippen LogP contribution >= 0.6 is 11.8 Å². The van der Waals surface area contributed by atoms with E-state index in [1.54, 1.807) is 6.07 Å². The topological polar surface area (TPSA) is 69.5 Å². The third-order valence-corrected chi connectivity index (χ3v) is 3.84. The number of H-pyrrole nitrogens is 1. The predicted octanol–water partition coefficient (Wildman–Crippen LogP) is 2.95. The minimum absolute atomic E-state index is 0.180. The van der Waals surface area contributed by atoms with E-state index in [4.69, 9.17) is 5.26 Å². The SMILES string of the molecule is N#Cc1ccc(Sc2nccc(=O)[nH]2)c2ccccc12. The average molecular weight is 279 g/mol. The first-order valence-electron chi connectivity index (χ1n) is 5.93. The molecule has 20 heavy (non-hydrogen) atoms. The molecule has 5 heteroatoms. The number of rotatable bonds is 2. The van der Waals surface area contributed by atoms with Crippen molar-refractivity contribution in [1.82, 2.24) is 9.97 Å². The number of benzene rings is 2. The lowest BCUT2D eigenvalue weighted by atomic mass is 10.1. The van der Waals surface area contributed by atoms with Crippen molar-refractivity contribution in [3.8, 4) is 6.07 Å². The molecule has 0 bridgehead atoms. The zero-order valence-corrected chi connectivity index (χ0v) is 11.1. The highest BCUT2D eigenvalue weighted by Gasteiger charge is 2.07. The summed E-state index contributed by atoms with van der Waals surface area (Å²) < 4.78 is 0. The van der Waals surface area contributed by atoms with Crippen molar-refractivity contribution in [1.29, 1.82) is 5.26 Å². The highest BCUT2D eigenvalue weighted by Crippen LogP contribution is 2.32. The molecule has 1 N–H and O–H groups in total. The molecule has 0 unspecified atom stereocenters. The molecule has 0 aliphatic carbocycles. The number of nitrogens with one attached hydrogen (secondary N) is 1. The number of hydrogen-bond acceptors (Lipinski definition) is 4. The van der Waals surface area contributed by atoms with Crippen LogP contribution < -0.4 is 5.56 Å². The number of nitrogens with zero attached hydrogens (tertiary/aromatic N) is 2. The molecule has 1 heterocycles. The van der Waals surface area contributed by atoms with Crippen molar-refractivity contribution in [2.24, 2.45) is 0 Å². The van der Waals surface area contributed by atoms with E-state index in [1.165, 1.54) is 24.0 Å². The second-order valence-electron chi connectivity index (χ2n) is 4.11.